The maximum absolute atomic E-state index is 14.3. The summed E-state index contributed by atoms with van der Waals surface area (Å²) in [5.74, 6) is 0.917. The van der Waals surface area contributed by atoms with Crippen LogP contribution in [0.1, 0.15) is 64.7 Å². The van der Waals surface area contributed by atoms with Gasteiger partial charge in [-0.2, -0.15) is 0 Å². The van der Waals surface area contributed by atoms with Gasteiger partial charge in [-0.3, -0.25) is 32.9 Å². The second-order valence-corrected chi connectivity index (χ2v) is 40.1. The first-order chi connectivity index (χ1) is 60.5. The third-order valence-corrected chi connectivity index (χ3v) is 29.7. The van der Waals surface area contributed by atoms with Gasteiger partial charge in [-0.25, -0.2) is 13.0 Å². The molecule has 638 valence electrons. The van der Waals surface area contributed by atoms with Gasteiger partial charge >= 0.3 is 37.3 Å². The number of allylic oxidation sites excluding steroid dienone is 4. The number of phenols is 3. The van der Waals surface area contributed by atoms with Gasteiger partial charge in [-0.1, -0.05) is 224 Å². The first-order valence-electron chi connectivity index (χ1n) is 39.7. The van der Waals surface area contributed by atoms with Crippen molar-refractivity contribution < 1.29 is 108 Å². The summed E-state index contributed by atoms with van der Waals surface area (Å²) >= 11 is 0. The summed E-state index contributed by atoms with van der Waals surface area (Å²) < 4.78 is 124. The molecule has 0 amide bonds. The van der Waals surface area contributed by atoms with Gasteiger partial charge in [-0.05, 0) is 169 Å². The summed E-state index contributed by atoms with van der Waals surface area (Å²) in [5, 5.41) is 47.3. The van der Waals surface area contributed by atoms with E-state index in [0.29, 0.717) is 51.2 Å². The van der Waals surface area contributed by atoms with E-state index in [1.54, 1.807) is 48.5 Å². The third-order valence-electron chi connectivity index (χ3n) is 20.0. The molecule has 29 heteroatoms. The van der Waals surface area contributed by atoms with Crippen molar-refractivity contribution in [2.24, 2.45) is 0 Å². The van der Waals surface area contributed by atoms with Crippen LogP contribution in [0.3, 0.4) is 0 Å². The lowest BCUT2D eigenvalue weighted by molar-refractivity contribution is -0.148. The van der Waals surface area contributed by atoms with Crippen molar-refractivity contribution in [2.45, 2.75) is 71.1 Å². The molecule has 6 atom stereocenters. The van der Waals surface area contributed by atoms with Crippen LogP contribution < -0.4 is 34.8 Å². The molecule has 0 saturated heterocycles. The molecule has 5 N–H and O–H groups in total. The molecule has 23 nitrogen and oxygen atoms in total. The Bertz CT molecular complexity index is 6550. The Morgan fingerprint density at radius 1 is 0.488 bits per heavy atom. The normalized spacial score (nSPS) is 16.5. The number of carbonyl (C=O) groups excluding carboxylic acids is 4. The van der Waals surface area contributed by atoms with Gasteiger partial charge < -0.3 is 53.1 Å². The van der Waals surface area contributed by atoms with Crippen molar-refractivity contribution in [3.63, 3.8) is 0 Å². The number of benzene rings is 12. The quantitative estimate of drug-likeness (QED) is 0.0121. The number of hydrogen-bond donors (Lipinski definition) is 5. The Labute approximate surface area is 725 Å². The molecule has 0 radical (unpaired) electrons. The van der Waals surface area contributed by atoms with Crippen molar-refractivity contribution in [1.82, 2.24) is 0 Å². The third kappa shape index (κ3) is 21.9. The Morgan fingerprint density at radius 3 is 1.35 bits per heavy atom. The molecule has 2 aromatic heterocycles. The van der Waals surface area contributed by atoms with Gasteiger partial charge in [0.2, 0.25) is 11.7 Å². The van der Waals surface area contributed by atoms with Crippen molar-refractivity contribution in [3.8, 4) is 67.9 Å². The Hall–Kier alpha value is -12.3. The molecular formula is C96H88O23P6+2. The fraction of sp³-hybridized carbons (Fsp3) is 0.167. The first kappa shape index (κ1) is 90.4. The number of aliphatic hydroxyl groups excluding tert-OH is 1. The van der Waals surface area contributed by atoms with E-state index in [1.165, 1.54) is 42.5 Å². The Kier molecular flexibility index (Phi) is 29.6. The number of ether oxygens (including phenoxy) is 3. The van der Waals surface area contributed by atoms with E-state index < -0.39 is 58.2 Å². The molecule has 0 fully saturated rings. The number of ketones is 2. The van der Waals surface area contributed by atoms with E-state index >= 15 is 0 Å². The summed E-state index contributed by atoms with van der Waals surface area (Å²) in [6, 6.07) is 83.4. The van der Waals surface area contributed by atoms with Gasteiger partial charge in [-0.15, -0.1) is 0 Å². The average Bonchev–Trinajstić information content (AvgIpc) is 0.739. The maximum atomic E-state index is 14.3. The molecule has 4 aliphatic rings. The summed E-state index contributed by atoms with van der Waals surface area (Å²) in [4.78, 5) is 46.2. The topological polar surface area (TPSA) is 354 Å². The number of aromatic hydroxyl groups is 3. The fourth-order valence-corrected chi connectivity index (χ4v) is 23.6. The lowest BCUT2D eigenvalue weighted by atomic mass is 9.78. The largest absolute Gasteiger partial charge is 0.597 e. The summed E-state index contributed by atoms with van der Waals surface area (Å²) in [6.07, 6.45) is 4.25. The second-order valence-electron chi connectivity index (χ2n) is 30.6. The van der Waals surface area contributed by atoms with E-state index in [0.717, 1.165) is 87.2 Å². The van der Waals surface area contributed by atoms with Crippen LogP contribution in [-0.2, 0) is 77.8 Å². The molecule has 0 bridgehead atoms. The van der Waals surface area contributed by atoms with Gasteiger partial charge in [0.05, 0.1) is 59.3 Å². The van der Waals surface area contributed by atoms with Gasteiger partial charge in [0, 0.05) is 38.2 Å². The second kappa shape index (κ2) is 41.0. The number of para-hydroxylation sites is 5. The lowest BCUT2D eigenvalue weighted by Crippen LogP contribution is -2.30. The standard InChI is InChI=1S/C27H31O3P.C21H23O8P.C18H13O4P.2C12H8O2P.C6H4O2.HO2P/c1-26(2,3)21-15-18(16-22(25(21)28)27(4,5)6)17-31(29)24-14-10-8-12-20(24)19-11-7-9-13-23(19)30-31;22-9-10-28-21(24)13-16(27-12-11-26-15-23)14-30(25)20-8-4-2-6-18(20)17-5-1-3-7-19(17)29-30;19-12-9-10-15(20)18(11-12)23(21)17-8-4-2-6-14(17)13-5-1-3-7-16(13)22-23;2*13-15-12-8-4-2-6-10(12)9-5-1-3-7-11(9)14-15;7-5-1-2-6(8)4-3-5;1-3-2/h7-16,28H,17H2,1-6H3;1-8,15-16,22H,9-14H2;1-11,19-20H;2*1-8H;1-4H;(H,1,2)/q;;;2*+1;;/i/hD. The smallest absolute Gasteiger partial charge is 0.508 e. The van der Waals surface area contributed by atoms with Crippen LogP contribution in [0.15, 0.2) is 306 Å². The summed E-state index contributed by atoms with van der Waals surface area (Å²) in [6.45, 7) is 12.4. The van der Waals surface area contributed by atoms with Crippen molar-refractivity contribution in [3.05, 3.63) is 314 Å². The van der Waals surface area contributed by atoms with Crippen molar-refractivity contribution >= 4 is 134 Å². The minimum absolute atomic E-state index is 0.00370. The molecule has 0 saturated carbocycles. The zero-order chi connectivity index (χ0) is 89.9. The predicted molar refractivity (Wildman–Crippen MR) is 488 cm³/mol. The first-order valence-corrected chi connectivity index (χ1v) is 47.7. The monoisotopic (exact) mass is 1800 g/mol. The molecule has 14 aromatic rings. The van der Waals surface area contributed by atoms with E-state index in [2.05, 4.69) is 51.2 Å². The number of carbonyl (C=O) groups is 4. The van der Waals surface area contributed by atoms with Crippen LogP contribution in [-0.4, -0.2) is 89.5 Å². The molecule has 3 aliphatic heterocycles. The number of fused-ring (bicyclic) bond motifs is 15. The number of phenolic OH excluding ortho intramolecular Hbond substituents is 3. The lowest BCUT2D eigenvalue weighted by Gasteiger charge is -2.31. The zero-order valence-electron chi connectivity index (χ0n) is 69.6. The Balaban J connectivity index is 0.000000141. The minimum atomic E-state index is -3.56. The van der Waals surface area contributed by atoms with Crippen LogP contribution in [0.2, 0.25) is 0 Å². The van der Waals surface area contributed by atoms with Gasteiger partial charge in [0.25, 0.3) is 21.2 Å². The van der Waals surface area contributed by atoms with Crippen LogP contribution in [0.25, 0.3) is 76.3 Å². The van der Waals surface area contributed by atoms with E-state index in [1.807, 2.05) is 206 Å². The molecule has 1 aliphatic carbocycles. The fourth-order valence-electron chi connectivity index (χ4n) is 14.3. The van der Waals surface area contributed by atoms with E-state index in [9.17, 15) is 57.3 Å². The highest BCUT2D eigenvalue weighted by Crippen LogP contribution is 2.59. The number of rotatable bonds is 15. The maximum Gasteiger partial charge on any atom is 0.597 e. The zero-order valence-corrected chi connectivity index (χ0v) is 74.0. The number of aliphatic hydroxyl groups is 1. The van der Waals surface area contributed by atoms with Crippen LogP contribution in [0, 0.1) is 0 Å². The van der Waals surface area contributed by atoms with E-state index in [4.69, 9.17) is 42.5 Å². The SMILES string of the molecule is CC(C)(C)c1cc(CP2(=O)Oc3ccccc3-c3ccccc32)cc(C(C)(C)C)c1O.O=C1C=CC(=O)C=C1.O=COCCOC(CC(=O)OCCO)CP1(=O)Oc2ccccc2-c2ccccc21.O=P1(c2cc(O)ccc2O)Oc2ccccc2-c2ccccc21.O=[p+]1oc2ccccc2c2ccccc21.O=[p+]1oc2ccccc2c2ccccc21.[2H]OP=O. The highest BCUT2D eigenvalue weighted by Gasteiger charge is 2.42. The summed E-state index contributed by atoms with van der Waals surface area (Å²) in [5.41, 5.74) is 8.85. The van der Waals surface area contributed by atoms with Gasteiger partial charge in [0.15, 0.2) is 22.7 Å². The van der Waals surface area contributed by atoms with Crippen LogP contribution in [0.5, 0.6) is 34.5 Å². The Morgan fingerprint density at radius 2 is 0.888 bits per heavy atom. The minimum Gasteiger partial charge on any atom is -0.508 e. The van der Waals surface area contributed by atoms with Crippen molar-refractivity contribution in [2.75, 3.05) is 32.6 Å². The average molecular weight is 1800 g/mol. The predicted octanol–water partition coefficient (Wildman–Crippen LogP) is 21.8. The molecule has 6 unspecified atom stereocenters. The highest BCUT2D eigenvalue weighted by molar-refractivity contribution is 7.75. The molecular weight excluding hydrogens is 1710 g/mol. The summed E-state index contributed by atoms with van der Waals surface area (Å²) in [7, 11) is -14.3. The van der Waals surface area contributed by atoms with Gasteiger partial charge in [0.1, 0.15) is 47.7 Å². The van der Waals surface area contributed by atoms with Crippen LogP contribution >= 0.6 is 46.1 Å². The molecule has 12 aromatic carbocycles. The molecule has 5 heterocycles. The molecule has 125 heavy (non-hydrogen) atoms. The number of esters is 1. The number of hydrogen-bond acceptors (Lipinski definition) is 23. The molecule has 0 spiro atoms. The van der Waals surface area contributed by atoms with Crippen molar-refractivity contribution in [1.29, 1.82) is 1.43 Å². The molecule has 18 rings (SSSR count). The van der Waals surface area contributed by atoms with Crippen LogP contribution in [0.4, 0.5) is 0 Å². The highest BCUT2D eigenvalue weighted by atomic mass is 31.2. The van der Waals surface area contributed by atoms with E-state index in [-0.39, 0.29) is 84.4 Å².